The van der Waals surface area contributed by atoms with E-state index in [9.17, 15) is 4.79 Å². The Morgan fingerprint density at radius 3 is 2.71 bits per heavy atom. The molecule has 0 aromatic heterocycles. The molecule has 1 fully saturated rings. The second-order valence-electron chi connectivity index (χ2n) is 7.45. The van der Waals surface area contributed by atoms with Gasteiger partial charge in [-0.25, -0.2) is 0 Å². The van der Waals surface area contributed by atoms with Gasteiger partial charge in [0.25, 0.3) is 0 Å². The fourth-order valence-electron chi connectivity index (χ4n) is 4.07. The quantitative estimate of drug-likeness (QED) is 0.841. The van der Waals surface area contributed by atoms with Crippen LogP contribution in [0.5, 0.6) is 0 Å². The molecule has 1 amide bonds. The molecule has 2 N–H and O–H groups in total. The largest absolute Gasteiger partial charge is 0.384 e. The van der Waals surface area contributed by atoms with Crippen molar-refractivity contribution >= 4 is 5.91 Å². The SMILES string of the molecule is COCC1(CNC(=O)Cc2ccc3c(c2)CCCC3)CCNCC1. The zero-order valence-corrected chi connectivity index (χ0v) is 14.8. The van der Waals surface area contributed by atoms with E-state index >= 15 is 0 Å². The minimum absolute atomic E-state index is 0.0888. The van der Waals surface area contributed by atoms with Gasteiger partial charge in [0.1, 0.15) is 0 Å². The molecule has 1 aliphatic carbocycles. The number of benzene rings is 1. The summed E-state index contributed by atoms with van der Waals surface area (Å²) in [5, 5.41) is 6.55. The van der Waals surface area contributed by atoms with Gasteiger partial charge in [-0.1, -0.05) is 18.2 Å². The third-order valence-corrected chi connectivity index (χ3v) is 5.55. The van der Waals surface area contributed by atoms with E-state index in [2.05, 4.69) is 28.8 Å². The van der Waals surface area contributed by atoms with Gasteiger partial charge in [-0.3, -0.25) is 4.79 Å². The van der Waals surface area contributed by atoms with Crippen LogP contribution in [0, 0.1) is 5.41 Å². The number of rotatable bonds is 6. The van der Waals surface area contributed by atoms with E-state index in [1.807, 2.05) is 0 Å². The molecule has 0 bridgehead atoms. The molecular weight excluding hydrogens is 300 g/mol. The third kappa shape index (κ3) is 4.37. The van der Waals surface area contributed by atoms with Gasteiger partial charge >= 0.3 is 0 Å². The maximum atomic E-state index is 12.4. The maximum absolute atomic E-state index is 12.4. The first kappa shape index (κ1) is 17.4. The Morgan fingerprint density at radius 2 is 1.96 bits per heavy atom. The van der Waals surface area contributed by atoms with Crippen LogP contribution in [-0.4, -0.2) is 39.3 Å². The normalized spacial score (nSPS) is 19.5. The molecule has 0 atom stereocenters. The number of amides is 1. The van der Waals surface area contributed by atoms with E-state index in [4.69, 9.17) is 4.74 Å². The van der Waals surface area contributed by atoms with E-state index in [0.717, 1.165) is 37.9 Å². The fourth-order valence-corrected chi connectivity index (χ4v) is 4.07. The van der Waals surface area contributed by atoms with Gasteiger partial charge < -0.3 is 15.4 Å². The maximum Gasteiger partial charge on any atom is 0.224 e. The standard InChI is InChI=1S/C20H30N2O2/c1-24-15-20(8-10-21-11-9-20)14-22-19(23)13-16-6-7-17-4-2-3-5-18(17)12-16/h6-7,12,21H,2-5,8-11,13-15H2,1H3,(H,22,23). The number of hydrogen-bond acceptors (Lipinski definition) is 3. The van der Waals surface area contributed by atoms with Crippen LogP contribution in [-0.2, 0) is 28.8 Å². The molecule has 0 radical (unpaired) electrons. The number of aryl methyl sites for hydroxylation is 2. The van der Waals surface area contributed by atoms with Crippen LogP contribution in [0.25, 0.3) is 0 Å². The zero-order chi connectivity index (χ0) is 16.8. The van der Waals surface area contributed by atoms with E-state index in [1.54, 1.807) is 7.11 Å². The number of ether oxygens (including phenoxy) is 1. The number of piperidine rings is 1. The van der Waals surface area contributed by atoms with Crippen LogP contribution in [0.2, 0.25) is 0 Å². The topological polar surface area (TPSA) is 50.4 Å². The Hall–Kier alpha value is -1.39. The van der Waals surface area contributed by atoms with E-state index in [-0.39, 0.29) is 11.3 Å². The van der Waals surface area contributed by atoms with Crippen molar-refractivity contribution in [3.8, 4) is 0 Å². The van der Waals surface area contributed by atoms with Crippen molar-refractivity contribution < 1.29 is 9.53 Å². The summed E-state index contributed by atoms with van der Waals surface area (Å²) in [6.45, 7) is 3.44. The lowest BCUT2D eigenvalue weighted by molar-refractivity contribution is -0.121. The Kier molecular flexibility index (Phi) is 5.90. The van der Waals surface area contributed by atoms with Crippen LogP contribution >= 0.6 is 0 Å². The van der Waals surface area contributed by atoms with Gasteiger partial charge in [-0.2, -0.15) is 0 Å². The molecule has 1 saturated heterocycles. The molecule has 2 aliphatic rings. The molecule has 4 nitrogen and oxygen atoms in total. The summed E-state index contributed by atoms with van der Waals surface area (Å²) in [6.07, 6.45) is 7.51. The van der Waals surface area contributed by atoms with E-state index in [1.165, 1.54) is 30.4 Å². The molecule has 4 heteroatoms. The zero-order valence-electron chi connectivity index (χ0n) is 14.8. The summed E-state index contributed by atoms with van der Waals surface area (Å²) in [7, 11) is 1.75. The van der Waals surface area contributed by atoms with Gasteiger partial charge in [0.2, 0.25) is 5.91 Å². The number of carbonyl (C=O) groups excluding carboxylic acids is 1. The van der Waals surface area contributed by atoms with E-state index < -0.39 is 0 Å². The van der Waals surface area contributed by atoms with Crippen molar-refractivity contribution in [3.05, 3.63) is 34.9 Å². The van der Waals surface area contributed by atoms with Crippen molar-refractivity contribution in [2.24, 2.45) is 5.41 Å². The number of carbonyl (C=O) groups is 1. The monoisotopic (exact) mass is 330 g/mol. The van der Waals surface area contributed by atoms with Gasteiger partial charge in [-0.05, 0) is 68.3 Å². The summed E-state index contributed by atoms with van der Waals surface area (Å²) in [6, 6.07) is 6.58. The van der Waals surface area contributed by atoms with Crippen molar-refractivity contribution in [1.82, 2.24) is 10.6 Å². The molecule has 1 aliphatic heterocycles. The van der Waals surface area contributed by atoms with E-state index in [0.29, 0.717) is 19.6 Å². The first-order chi connectivity index (χ1) is 11.7. The molecule has 0 saturated carbocycles. The second kappa shape index (κ2) is 8.13. The summed E-state index contributed by atoms with van der Waals surface area (Å²) in [5.41, 5.74) is 4.14. The number of hydrogen-bond donors (Lipinski definition) is 2. The lowest BCUT2D eigenvalue weighted by atomic mass is 9.79. The predicted molar refractivity (Wildman–Crippen MR) is 96.2 cm³/mol. The molecule has 0 spiro atoms. The highest BCUT2D eigenvalue weighted by molar-refractivity contribution is 5.78. The number of nitrogens with one attached hydrogen (secondary N) is 2. The summed E-state index contributed by atoms with van der Waals surface area (Å²) in [5.74, 6) is 0.125. The minimum Gasteiger partial charge on any atom is -0.384 e. The lowest BCUT2D eigenvalue weighted by Gasteiger charge is -2.37. The molecule has 24 heavy (non-hydrogen) atoms. The molecular formula is C20H30N2O2. The molecule has 1 aromatic carbocycles. The summed E-state index contributed by atoms with van der Waals surface area (Å²) < 4.78 is 5.42. The molecule has 3 rings (SSSR count). The van der Waals surface area contributed by atoms with Crippen molar-refractivity contribution in [1.29, 1.82) is 0 Å². The van der Waals surface area contributed by atoms with Crippen molar-refractivity contribution in [3.63, 3.8) is 0 Å². The van der Waals surface area contributed by atoms with Crippen molar-refractivity contribution in [2.45, 2.75) is 44.9 Å². The molecule has 0 unspecified atom stereocenters. The van der Waals surface area contributed by atoms with Crippen LogP contribution in [0.1, 0.15) is 42.4 Å². The highest BCUT2D eigenvalue weighted by Crippen LogP contribution is 2.28. The summed E-state index contributed by atoms with van der Waals surface area (Å²) in [4.78, 5) is 12.4. The van der Waals surface area contributed by atoms with Crippen LogP contribution in [0.4, 0.5) is 0 Å². The fraction of sp³-hybridized carbons (Fsp3) is 0.650. The summed E-state index contributed by atoms with van der Waals surface area (Å²) >= 11 is 0. The average Bonchev–Trinajstić information content (AvgIpc) is 2.61. The number of fused-ring (bicyclic) bond motifs is 1. The van der Waals surface area contributed by atoms with Gasteiger partial charge in [-0.15, -0.1) is 0 Å². The Morgan fingerprint density at radius 1 is 1.21 bits per heavy atom. The second-order valence-corrected chi connectivity index (χ2v) is 7.45. The van der Waals surface area contributed by atoms with Crippen LogP contribution in [0.3, 0.4) is 0 Å². The van der Waals surface area contributed by atoms with Gasteiger partial charge in [0.15, 0.2) is 0 Å². The smallest absolute Gasteiger partial charge is 0.224 e. The molecule has 132 valence electrons. The van der Waals surface area contributed by atoms with Crippen LogP contribution in [0.15, 0.2) is 18.2 Å². The van der Waals surface area contributed by atoms with Crippen LogP contribution < -0.4 is 10.6 Å². The highest BCUT2D eigenvalue weighted by Gasteiger charge is 2.32. The first-order valence-corrected chi connectivity index (χ1v) is 9.28. The lowest BCUT2D eigenvalue weighted by Crippen LogP contribution is -2.47. The highest BCUT2D eigenvalue weighted by atomic mass is 16.5. The van der Waals surface area contributed by atoms with Crippen molar-refractivity contribution in [2.75, 3.05) is 33.4 Å². The Labute approximate surface area is 145 Å². The first-order valence-electron chi connectivity index (χ1n) is 9.28. The molecule has 1 aromatic rings. The van der Waals surface area contributed by atoms with Gasteiger partial charge in [0.05, 0.1) is 13.0 Å². The molecule has 1 heterocycles. The number of methoxy groups -OCH3 is 1. The Balaban J connectivity index is 1.55. The predicted octanol–water partition coefficient (Wildman–Crippen LogP) is 2.24. The van der Waals surface area contributed by atoms with Gasteiger partial charge in [0, 0.05) is 19.1 Å². The third-order valence-electron chi connectivity index (χ3n) is 5.55. The average molecular weight is 330 g/mol. The minimum atomic E-state index is 0.0888. The Bertz CT molecular complexity index is 559.